The summed E-state index contributed by atoms with van der Waals surface area (Å²) in [5, 5.41) is 12.6. The molecule has 0 radical (unpaired) electrons. The number of benzene rings is 1. The number of carboxylic acids is 1. The van der Waals surface area contributed by atoms with Crippen LogP contribution in [0.25, 0.3) is 6.08 Å². The number of thiocarbonyl (C=S) groups is 1. The van der Waals surface area contributed by atoms with E-state index >= 15 is 0 Å². The van der Waals surface area contributed by atoms with Gasteiger partial charge in [-0.3, -0.25) is 9.69 Å². The van der Waals surface area contributed by atoms with Crippen molar-refractivity contribution >= 4 is 63.6 Å². The molecular weight excluding hydrogens is 434 g/mol. The monoisotopic (exact) mass is 448 g/mol. The maximum Gasteiger partial charge on any atom is 0.353 e. The minimum absolute atomic E-state index is 0.150. The molecule has 1 aliphatic heterocycles. The fourth-order valence-corrected chi connectivity index (χ4v) is 4.28. The number of nitrogens with zero attached hydrogens (tertiary/aromatic N) is 1. The van der Waals surface area contributed by atoms with Crippen LogP contribution >= 0.6 is 35.3 Å². The second-order valence-corrected chi connectivity index (χ2v) is 8.27. The van der Waals surface area contributed by atoms with Crippen molar-refractivity contribution in [2.45, 2.75) is 6.92 Å². The maximum absolute atomic E-state index is 12.4. The Morgan fingerprint density at radius 3 is 2.72 bits per heavy atom. The molecule has 29 heavy (non-hydrogen) atoms. The highest BCUT2D eigenvalue weighted by Gasteiger charge is 2.32. The number of hydrogen-bond acceptors (Lipinski definition) is 9. The van der Waals surface area contributed by atoms with E-state index in [0.717, 1.165) is 16.7 Å². The molecule has 1 saturated heterocycles. The normalized spacial score (nSPS) is 15.1. The van der Waals surface area contributed by atoms with Gasteiger partial charge in [-0.05, 0) is 42.1 Å². The summed E-state index contributed by atoms with van der Waals surface area (Å²) in [6.07, 6.45) is 1.57. The molecule has 0 N–H and O–H groups in total. The quantitative estimate of drug-likeness (QED) is 0.276. The SMILES string of the molecule is CCOc1cc(/C=C2\SC(=S)N(CC(=O)[O-])C2=O)ccc1OC(=O)c1cccs1. The van der Waals surface area contributed by atoms with Crippen molar-refractivity contribution < 1.29 is 29.0 Å². The molecular formula is C19H14NO6S3-. The van der Waals surface area contributed by atoms with Gasteiger partial charge >= 0.3 is 5.97 Å². The smallest absolute Gasteiger partial charge is 0.353 e. The molecule has 7 nitrogen and oxygen atoms in total. The predicted octanol–water partition coefficient (Wildman–Crippen LogP) is 2.32. The zero-order valence-electron chi connectivity index (χ0n) is 15.1. The fourth-order valence-electron chi connectivity index (χ4n) is 2.43. The Kier molecular flexibility index (Phi) is 6.68. The molecule has 1 aromatic carbocycles. The van der Waals surface area contributed by atoms with E-state index < -0.39 is 24.4 Å². The number of ether oxygens (including phenoxy) is 2. The van der Waals surface area contributed by atoms with Crippen LogP contribution in [-0.4, -0.2) is 40.2 Å². The molecule has 1 amide bonds. The molecule has 1 aliphatic rings. The third kappa shape index (κ3) is 5.03. The number of thiophene rings is 1. The van der Waals surface area contributed by atoms with Crippen molar-refractivity contribution in [3.05, 3.63) is 51.1 Å². The van der Waals surface area contributed by atoms with Gasteiger partial charge in [0.05, 0.1) is 24.0 Å². The molecule has 150 valence electrons. The highest BCUT2D eigenvalue weighted by molar-refractivity contribution is 8.26. The molecule has 10 heteroatoms. The Hall–Kier alpha value is -2.69. The lowest BCUT2D eigenvalue weighted by molar-refractivity contribution is -0.305. The summed E-state index contributed by atoms with van der Waals surface area (Å²) in [5.41, 5.74) is 0.610. The first-order valence-electron chi connectivity index (χ1n) is 8.36. The summed E-state index contributed by atoms with van der Waals surface area (Å²) >= 11 is 7.33. The van der Waals surface area contributed by atoms with Crippen LogP contribution in [-0.2, 0) is 9.59 Å². The van der Waals surface area contributed by atoms with E-state index in [-0.39, 0.29) is 15.0 Å². The average molecular weight is 449 g/mol. The third-order valence-corrected chi connectivity index (χ3v) is 5.88. The van der Waals surface area contributed by atoms with Crippen LogP contribution in [0.3, 0.4) is 0 Å². The molecule has 3 rings (SSSR count). The van der Waals surface area contributed by atoms with E-state index in [1.165, 1.54) is 11.3 Å². The summed E-state index contributed by atoms with van der Waals surface area (Å²) in [4.78, 5) is 37.1. The lowest BCUT2D eigenvalue weighted by Crippen LogP contribution is -2.40. The first kappa shape index (κ1) is 21.0. The van der Waals surface area contributed by atoms with Gasteiger partial charge in [0.25, 0.3) is 5.91 Å². The van der Waals surface area contributed by atoms with Gasteiger partial charge in [-0.2, -0.15) is 0 Å². The lowest BCUT2D eigenvalue weighted by atomic mass is 10.2. The van der Waals surface area contributed by atoms with Gasteiger partial charge in [0.2, 0.25) is 0 Å². The molecule has 0 spiro atoms. The average Bonchev–Trinajstić information content (AvgIpc) is 3.29. The van der Waals surface area contributed by atoms with Crippen molar-refractivity contribution in [1.29, 1.82) is 0 Å². The van der Waals surface area contributed by atoms with Crippen LogP contribution in [0.1, 0.15) is 22.2 Å². The molecule has 0 aliphatic carbocycles. The number of thioether (sulfide) groups is 1. The summed E-state index contributed by atoms with van der Waals surface area (Å²) in [6, 6.07) is 8.28. The minimum Gasteiger partial charge on any atom is -0.548 e. The lowest BCUT2D eigenvalue weighted by Gasteiger charge is -2.14. The van der Waals surface area contributed by atoms with E-state index in [2.05, 4.69) is 0 Å². The Balaban J connectivity index is 1.84. The fraction of sp³-hybridized carbons (Fsp3) is 0.158. The second kappa shape index (κ2) is 9.21. The maximum atomic E-state index is 12.4. The summed E-state index contributed by atoms with van der Waals surface area (Å²) in [7, 11) is 0. The van der Waals surface area contributed by atoms with E-state index in [1.807, 2.05) is 0 Å². The molecule has 1 fully saturated rings. The zero-order chi connectivity index (χ0) is 21.0. The minimum atomic E-state index is -1.39. The van der Waals surface area contributed by atoms with Crippen molar-refractivity contribution in [1.82, 2.24) is 4.90 Å². The largest absolute Gasteiger partial charge is 0.548 e. The van der Waals surface area contributed by atoms with Crippen molar-refractivity contribution in [2.75, 3.05) is 13.2 Å². The predicted molar refractivity (Wildman–Crippen MR) is 112 cm³/mol. The topological polar surface area (TPSA) is 96.0 Å². The highest BCUT2D eigenvalue weighted by Crippen LogP contribution is 2.35. The Labute approximate surface area is 179 Å². The van der Waals surface area contributed by atoms with Gasteiger partial charge < -0.3 is 19.4 Å². The zero-order valence-corrected chi connectivity index (χ0v) is 17.5. The van der Waals surface area contributed by atoms with Crippen LogP contribution in [0.5, 0.6) is 11.5 Å². The number of rotatable bonds is 7. The van der Waals surface area contributed by atoms with Crippen molar-refractivity contribution in [2.24, 2.45) is 0 Å². The van der Waals surface area contributed by atoms with Crippen LogP contribution in [0.4, 0.5) is 0 Å². The standard InChI is InChI=1S/C19H15NO6S3/c1-2-25-13-8-11(5-6-12(13)26-18(24)14-4-3-7-28-14)9-15-17(23)20(10-16(21)22)19(27)29-15/h3-9H,2,10H2,1H3,(H,21,22)/p-1/b15-9-. The van der Waals surface area contributed by atoms with Crippen LogP contribution < -0.4 is 14.6 Å². The van der Waals surface area contributed by atoms with Gasteiger partial charge in [0, 0.05) is 0 Å². The number of amides is 1. The summed E-state index contributed by atoms with van der Waals surface area (Å²) in [6.45, 7) is 1.55. The third-order valence-electron chi connectivity index (χ3n) is 3.65. The highest BCUT2D eigenvalue weighted by atomic mass is 32.2. The van der Waals surface area contributed by atoms with Crippen molar-refractivity contribution in [3.63, 3.8) is 0 Å². The number of esters is 1. The number of carbonyl (C=O) groups is 3. The van der Waals surface area contributed by atoms with Gasteiger partial charge in [0.1, 0.15) is 9.20 Å². The Morgan fingerprint density at radius 2 is 2.07 bits per heavy atom. The van der Waals surface area contributed by atoms with E-state index in [4.69, 9.17) is 21.7 Å². The van der Waals surface area contributed by atoms with Gasteiger partial charge in [-0.25, -0.2) is 4.79 Å². The number of hydrogen-bond donors (Lipinski definition) is 0. The molecule has 0 unspecified atom stereocenters. The Morgan fingerprint density at radius 1 is 1.28 bits per heavy atom. The van der Waals surface area contributed by atoms with Gasteiger partial charge in [0.15, 0.2) is 11.5 Å². The summed E-state index contributed by atoms with van der Waals surface area (Å²) < 4.78 is 11.1. The van der Waals surface area contributed by atoms with E-state index in [9.17, 15) is 19.5 Å². The number of carboxylic acid groups (broad SMARTS) is 1. The number of aliphatic carboxylic acids is 1. The van der Waals surface area contributed by atoms with Crippen LogP contribution in [0.2, 0.25) is 0 Å². The van der Waals surface area contributed by atoms with Crippen LogP contribution in [0.15, 0.2) is 40.6 Å². The summed E-state index contributed by atoms with van der Waals surface area (Å²) in [5.74, 6) is -1.78. The molecule has 0 atom stereocenters. The molecule has 2 aromatic rings. The number of carbonyl (C=O) groups excluding carboxylic acids is 3. The molecule has 0 bridgehead atoms. The van der Waals surface area contributed by atoms with Crippen molar-refractivity contribution in [3.8, 4) is 11.5 Å². The second-order valence-electron chi connectivity index (χ2n) is 5.65. The van der Waals surface area contributed by atoms with E-state index in [1.54, 1.807) is 48.7 Å². The Bertz CT molecular complexity index is 999. The van der Waals surface area contributed by atoms with Gasteiger partial charge in [-0.1, -0.05) is 36.1 Å². The molecule has 1 aromatic heterocycles. The first-order chi connectivity index (χ1) is 13.9. The van der Waals surface area contributed by atoms with E-state index in [0.29, 0.717) is 22.8 Å². The molecule has 2 heterocycles. The first-order valence-corrected chi connectivity index (χ1v) is 10.5. The molecule has 0 saturated carbocycles. The van der Waals surface area contributed by atoms with Gasteiger partial charge in [-0.15, -0.1) is 11.3 Å². The van der Waals surface area contributed by atoms with Crippen LogP contribution in [0, 0.1) is 0 Å².